The van der Waals surface area contributed by atoms with E-state index in [1.54, 1.807) is 0 Å². The van der Waals surface area contributed by atoms with Crippen molar-refractivity contribution in [3.63, 3.8) is 0 Å². The topological polar surface area (TPSA) is 99.7 Å². The first-order valence-corrected chi connectivity index (χ1v) is 6.59. The molecular formula is C14H22N4O2. The van der Waals surface area contributed by atoms with Crippen molar-refractivity contribution in [2.45, 2.75) is 39.3 Å². The summed E-state index contributed by atoms with van der Waals surface area (Å²) < 4.78 is 0. The van der Waals surface area contributed by atoms with Crippen LogP contribution in [0.4, 0.5) is 5.69 Å². The van der Waals surface area contributed by atoms with E-state index in [2.05, 4.69) is 15.8 Å². The summed E-state index contributed by atoms with van der Waals surface area (Å²) in [6, 6.07) is 7.38. The highest BCUT2D eigenvalue weighted by Gasteiger charge is 2.15. The summed E-state index contributed by atoms with van der Waals surface area (Å²) in [5, 5.41) is 17.8. The van der Waals surface area contributed by atoms with Crippen LogP contribution in [0.25, 0.3) is 0 Å². The Hall–Kier alpha value is -2.08. The Morgan fingerprint density at radius 3 is 2.75 bits per heavy atom. The number of hydrogen-bond donors (Lipinski definition) is 4. The van der Waals surface area contributed by atoms with Crippen LogP contribution >= 0.6 is 0 Å². The summed E-state index contributed by atoms with van der Waals surface area (Å²) in [5.41, 5.74) is 7.40. The molecule has 0 fully saturated rings. The summed E-state index contributed by atoms with van der Waals surface area (Å²) in [4.78, 5) is 11.1. The fraction of sp³-hybridized carbons (Fsp3) is 0.429. The minimum atomic E-state index is -0.195. The Labute approximate surface area is 119 Å². The molecule has 0 saturated carbocycles. The van der Waals surface area contributed by atoms with E-state index in [9.17, 15) is 4.79 Å². The molecule has 2 unspecified atom stereocenters. The van der Waals surface area contributed by atoms with E-state index in [1.807, 2.05) is 38.1 Å². The van der Waals surface area contributed by atoms with Crippen molar-refractivity contribution in [1.29, 1.82) is 0 Å². The van der Waals surface area contributed by atoms with Crippen molar-refractivity contribution in [3.8, 4) is 0 Å². The second-order valence-electron chi connectivity index (χ2n) is 4.68. The first-order valence-electron chi connectivity index (χ1n) is 6.59. The number of carbonyl (C=O) groups is 1. The molecule has 5 N–H and O–H groups in total. The molecule has 1 rings (SSSR count). The largest absolute Gasteiger partial charge is 0.409 e. The number of carbonyl (C=O) groups excluding carboxylic acids is 1. The Morgan fingerprint density at radius 1 is 1.50 bits per heavy atom. The normalized spacial score (nSPS) is 14.7. The van der Waals surface area contributed by atoms with Gasteiger partial charge in [-0.3, -0.25) is 4.79 Å². The van der Waals surface area contributed by atoms with E-state index < -0.39 is 0 Å². The highest BCUT2D eigenvalue weighted by atomic mass is 16.4. The molecule has 1 aromatic carbocycles. The van der Waals surface area contributed by atoms with Crippen molar-refractivity contribution in [1.82, 2.24) is 5.32 Å². The molecule has 20 heavy (non-hydrogen) atoms. The van der Waals surface area contributed by atoms with E-state index in [4.69, 9.17) is 10.9 Å². The highest BCUT2D eigenvalue weighted by molar-refractivity contribution is 5.88. The van der Waals surface area contributed by atoms with Crippen molar-refractivity contribution in [3.05, 3.63) is 29.8 Å². The molecule has 0 spiro atoms. The third-order valence-electron chi connectivity index (χ3n) is 3.04. The van der Waals surface area contributed by atoms with Gasteiger partial charge in [0.25, 0.3) is 0 Å². The quantitative estimate of drug-likeness (QED) is 0.276. The van der Waals surface area contributed by atoms with Gasteiger partial charge in [0.15, 0.2) is 5.84 Å². The summed E-state index contributed by atoms with van der Waals surface area (Å²) in [7, 11) is 0. The van der Waals surface area contributed by atoms with Crippen LogP contribution in [0, 0.1) is 0 Å². The van der Waals surface area contributed by atoms with E-state index in [0.29, 0.717) is 6.42 Å². The van der Waals surface area contributed by atoms with Gasteiger partial charge in [0, 0.05) is 18.7 Å². The minimum absolute atomic E-state index is 0.00829. The van der Waals surface area contributed by atoms with Crippen LogP contribution in [0.2, 0.25) is 0 Å². The van der Waals surface area contributed by atoms with Crippen LogP contribution in [0.3, 0.4) is 0 Å². The lowest BCUT2D eigenvalue weighted by Gasteiger charge is -2.22. The van der Waals surface area contributed by atoms with Crippen LogP contribution in [-0.4, -0.2) is 23.0 Å². The number of amides is 1. The first kappa shape index (κ1) is 16.0. The van der Waals surface area contributed by atoms with E-state index in [0.717, 1.165) is 11.3 Å². The SMILES string of the molecule is CCC(NC(C)c1cccc(NC(C)=O)c1)C(N)=NO. The smallest absolute Gasteiger partial charge is 0.221 e. The molecule has 110 valence electrons. The molecule has 6 nitrogen and oxygen atoms in total. The summed E-state index contributed by atoms with van der Waals surface area (Å²) in [5.74, 6) is 0.0585. The number of nitrogens with zero attached hydrogens (tertiary/aromatic N) is 1. The first-order chi connectivity index (χ1) is 9.47. The number of benzene rings is 1. The second-order valence-corrected chi connectivity index (χ2v) is 4.68. The molecule has 6 heteroatoms. The molecular weight excluding hydrogens is 256 g/mol. The zero-order valence-electron chi connectivity index (χ0n) is 12.1. The van der Waals surface area contributed by atoms with E-state index in [1.165, 1.54) is 6.92 Å². The van der Waals surface area contributed by atoms with Crippen LogP contribution < -0.4 is 16.4 Å². The van der Waals surface area contributed by atoms with Gasteiger partial charge in [-0.25, -0.2) is 0 Å². The molecule has 0 saturated heterocycles. The number of nitrogens with two attached hydrogens (primary N) is 1. The number of rotatable bonds is 6. The lowest BCUT2D eigenvalue weighted by molar-refractivity contribution is -0.114. The number of oxime groups is 1. The maximum Gasteiger partial charge on any atom is 0.221 e. The summed E-state index contributed by atoms with van der Waals surface area (Å²) in [6.45, 7) is 5.41. The van der Waals surface area contributed by atoms with Gasteiger partial charge in [0.05, 0.1) is 6.04 Å². The lowest BCUT2D eigenvalue weighted by atomic mass is 10.1. The Balaban J connectivity index is 2.81. The van der Waals surface area contributed by atoms with Crippen LogP contribution in [0.15, 0.2) is 29.4 Å². The van der Waals surface area contributed by atoms with E-state index in [-0.39, 0.29) is 23.8 Å². The Morgan fingerprint density at radius 2 is 2.20 bits per heavy atom. The molecule has 2 atom stereocenters. The lowest BCUT2D eigenvalue weighted by Crippen LogP contribution is -2.42. The van der Waals surface area contributed by atoms with Gasteiger partial charge >= 0.3 is 0 Å². The van der Waals surface area contributed by atoms with Crippen LogP contribution in [0.5, 0.6) is 0 Å². The summed E-state index contributed by atoms with van der Waals surface area (Å²) in [6.07, 6.45) is 0.714. The van der Waals surface area contributed by atoms with Gasteiger partial charge in [-0.2, -0.15) is 0 Å². The zero-order valence-corrected chi connectivity index (χ0v) is 12.1. The molecule has 0 aromatic heterocycles. The average Bonchev–Trinajstić information content (AvgIpc) is 2.43. The predicted molar refractivity (Wildman–Crippen MR) is 79.8 cm³/mol. The third-order valence-corrected chi connectivity index (χ3v) is 3.04. The third kappa shape index (κ3) is 4.55. The number of anilines is 1. The van der Waals surface area contributed by atoms with Crippen LogP contribution in [-0.2, 0) is 4.79 Å². The maximum atomic E-state index is 11.1. The van der Waals surface area contributed by atoms with Gasteiger partial charge in [-0.15, -0.1) is 0 Å². The van der Waals surface area contributed by atoms with Crippen molar-refractivity contribution in [2.75, 3.05) is 5.32 Å². The molecule has 1 amide bonds. The van der Waals surface area contributed by atoms with Gasteiger partial charge in [0.1, 0.15) is 0 Å². The van der Waals surface area contributed by atoms with Gasteiger partial charge in [-0.05, 0) is 31.0 Å². The number of nitrogens with one attached hydrogen (secondary N) is 2. The molecule has 0 aliphatic carbocycles. The monoisotopic (exact) mass is 278 g/mol. The fourth-order valence-electron chi connectivity index (χ4n) is 1.97. The molecule has 1 aromatic rings. The maximum absolute atomic E-state index is 11.1. The second kappa shape index (κ2) is 7.49. The average molecular weight is 278 g/mol. The molecule has 0 aliphatic rings. The van der Waals surface area contributed by atoms with Crippen LogP contribution in [0.1, 0.15) is 38.8 Å². The van der Waals surface area contributed by atoms with Crippen molar-refractivity contribution < 1.29 is 10.0 Å². The number of hydrogen-bond acceptors (Lipinski definition) is 4. The van der Waals surface area contributed by atoms with Crippen molar-refractivity contribution in [2.24, 2.45) is 10.9 Å². The molecule has 0 heterocycles. The molecule has 0 aliphatic heterocycles. The Bertz CT molecular complexity index is 488. The number of amidine groups is 1. The minimum Gasteiger partial charge on any atom is -0.409 e. The molecule has 0 bridgehead atoms. The summed E-state index contributed by atoms with van der Waals surface area (Å²) >= 11 is 0. The van der Waals surface area contributed by atoms with Gasteiger partial charge in [0.2, 0.25) is 5.91 Å². The molecule has 0 radical (unpaired) electrons. The van der Waals surface area contributed by atoms with Crippen molar-refractivity contribution >= 4 is 17.4 Å². The Kier molecular flexibility index (Phi) is 5.99. The van der Waals surface area contributed by atoms with Gasteiger partial charge in [-0.1, -0.05) is 24.2 Å². The zero-order chi connectivity index (χ0) is 15.1. The van der Waals surface area contributed by atoms with E-state index >= 15 is 0 Å². The fourth-order valence-corrected chi connectivity index (χ4v) is 1.97. The predicted octanol–water partition coefficient (Wildman–Crippen LogP) is 1.82. The highest BCUT2D eigenvalue weighted by Crippen LogP contribution is 2.18. The standard InChI is InChI=1S/C14H22N4O2/c1-4-13(14(15)18-20)16-9(2)11-6-5-7-12(8-11)17-10(3)19/h5-9,13,16,20H,4H2,1-3H3,(H2,15,18)(H,17,19). The van der Waals surface area contributed by atoms with Gasteiger partial charge < -0.3 is 21.6 Å².